The molecule has 0 unspecified atom stereocenters. The zero-order chi connectivity index (χ0) is 21.6. The molecule has 31 heavy (non-hydrogen) atoms. The highest BCUT2D eigenvalue weighted by Gasteiger charge is 2.19. The minimum absolute atomic E-state index is 0.0448. The van der Waals surface area contributed by atoms with Crippen molar-refractivity contribution in [3.8, 4) is 5.75 Å². The van der Waals surface area contributed by atoms with E-state index in [0.29, 0.717) is 35.8 Å². The third-order valence-electron chi connectivity index (χ3n) is 6.48. The highest BCUT2D eigenvalue weighted by molar-refractivity contribution is 5.93. The molecular weight excluding hydrogens is 394 g/mol. The Kier molecular flexibility index (Phi) is 7.25. The molecule has 168 valence electrons. The smallest absolute Gasteiger partial charge is 0.287 e. The van der Waals surface area contributed by atoms with Crippen LogP contribution in [0.1, 0.15) is 42.7 Å². The average Bonchev–Trinajstić information content (AvgIpc) is 2.80. The molecule has 1 saturated heterocycles. The van der Waals surface area contributed by atoms with Crippen molar-refractivity contribution in [3.05, 3.63) is 40.2 Å². The van der Waals surface area contributed by atoms with Crippen LogP contribution in [-0.2, 0) is 0 Å². The Morgan fingerprint density at radius 1 is 1.16 bits per heavy atom. The fourth-order valence-corrected chi connectivity index (χ4v) is 4.45. The van der Waals surface area contributed by atoms with E-state index >= 15 is 0 Å². The number of nitrogens with one attached hydrogen (secondary N) is 1. The number of fused-ring (bicyclic) bond motifs is 1. The van der Waals surface area contributed by atoms with Gasteiger partial charge in [-0.05, 0) is 37.9 Å². The Labute approximate surface area is 183 Å². The number of para-hydroxylation sites is 1. The van der Waals surface area contributed by atoms with E-state index in [9.17, 15) is 9.59 Å². The molecule has 1 aromatic carbocycles. The second-order valence-corrected chi connectivity index (χ2v) is 8.82. The van der Waals surface area contributed by atoms with Crippen molar-refractivity contribution >= 4 is 16.9 Å². The van der Waals surface area contributed by atoms with Crippen LogP contribution in [0.4, 0.5) is 0 Å². The molecule has 2 fully saturated rings. The topological polar surface area (TPSA) is 75.0 Å². The predicted octanol–water partition coefficient (Wildman–Crippen LogP) is 2.73. The van der Waals surface area contributed by atoms with Gasteiger partial charge in [-0.15, -0.1) is 0 Å². The lowest BCUT2D eigenvalue weighted by molar-refractivity contribution is 0.0916. The van der Waals surface area contributed by atoms with Crippen molar-refractivity contribution in [1.29, 1.82) is 0 Å². The second kappa shape index (κ2) is 10.3. The standard InChI is InChI=1S/C24H33N3O4/c1-26-10-12-27(13-11-26)14-15-30-21-9-5-8-19-20(28)16-22(31-23(19)21)24(29)25-17-18-6-3-2-4-7-18/h5,8-9,16,18H,2-4,6-7,10-15,17H2,1H3,(H,25,29). The van der Waals surface area contributed by atoms with Gasteiger partial charge in [-0.1, -0.05) is 25.3 Å². The fourth-order valence-electron chi connectivity index (χ4n) is 4.45. The van der Waals surface area contributed by atoms with Crippen LogP contribution in [0.15, 0.2) is 33.5 Å². The predicted molar refractivity (Wildman–Crippen MR) is 121 cm³/mol. The average molecular weight is 428 g/mol. The van der Waals surface area contributed by atoms with E-state index in [-0.39, 0.29) is 17.1 Å². The van der Waals surface area contributed by atoms with Crippen molar-refractivity contribution in [3.63, 3.8) is 0 Å². The molecule has 1 amide bonds. The summed E-state index contributed by atoms with van der Waals surface area (Å²) in [6, 6.07) is 6.57. The molecule has 7 heteroatoms. The van der Waals surface area contributed by atoms with Gasteiger partial charge in [-0.25, -0.2) is 0 Å². The van der Waals surface area contributed by atoms with Crippen LogP contribution >= 0.6 is 0 Å². The largest absolute Gasteiger partial charge is 0.488 e. The molecule has 2 heterocycles. The summed E-state index contributed by atoms with van der Waals surface area (Å²) >= 11 is 0. The van der Waals surface area contributed by atoms with E-state index in [2.05, 4.69) is 22.2 Å². The third-order valence-corrected chi connectivity index (χ3v) is 6.48. The Bertz CT molecular complexity index is 943. The molecule has 2 aliphatic rings. The Balaban J connectivity index is 1.42. The summed E-state index contributed by atoms with van der Waals surface area (Å²) < 4.78 is 11.8. The number of hydrogen-bond acceptors (Lipinski definition) is 6. The first-order valence-corrected chi connectivity index (χ1v) is 11.5. The zero-order valence-electron chi connectivity index (χ0n) is 18.4. The molecule has 1 N–H and O–H groups in total. The Morgan fingerprint density at radius 3 is 2.71 bits per heavy atom. The van der Waals surface area contributed by atoms with Crippen molar-refractivity contribution < 1.29 is 13.9 Å². The van der Waals surface area contributed by atoms with E-state index < -0.39 is 0 Å². The SMILES string of the molecule is CN1CCN(CCOc2cccc3c(=O)cc(C(=O)NCC4CCCCC4)oc23)CC1. The maximum atomic E-state index is 12.6. The fraction of sp³-hybridized carbons (Fsp3) is 0.583. The molecule has 0 bridgehead atoms. The van der Waals surface area contributed by atoms with Gasteiger partial charge >= 0.3 is 0 Å². The van der Waals surface area contributed by atoms with Crippen molar-refractivity contribution in [2.45, 2.75) is 32.1 Å². The van der Waals surface area contributed by atoms with E-state index in [1.54, 1.807) is 18.2 Å². The number of likely N-dealkylation sites (N-methyl/N-ethyl adjacent to an activating group) is 1. The van der Waals surface area contributed by atoms with Gasteiger partial charge in [0.25, 0.3) is 5.91 Å². The van der Waals surface area contributed by atoms with E-state index in [0.717, 1.165) is 45.6 Å². The molecule has 2 aromatic rings. The van der Waals surface area contributed by atoms with Gasteiger partial charge in [0.1, 0.15) is 6.61 Å². The first kappa shape index (κ1) is 21.8. The molecule has 1 aromatic heterocycles. The summed E-state index contributed by atoms with van der Waals surface area (Å²) in [6.45, 7) is 6.11. The van der Waals surface area contributed by atoms with Gasteiger partial charge < -0.3 is 19.4 Å². The maximum absolute atomic E-state index is 12.6. The second-order valence-electron chi connectivity index (χ2n) is 8.82. The summed E-state index contributed by atoms with van der Waals surface area (Å²) in [4.78, 5) is 29.9. The van der Waals surface area contributed by atoms with E-state index in [1.165, 1.54) is 25.3 Å². The van der Waals surface area contributed by atoms with Crippen molar-refractivity contribution in [1.82, 2.24) is 15.1 Å². The van der Waals surface area contributed by atoms with Crippen LogP contribution in [0, 0.1) is 5.92 Å². The van der Waals surface area contributed by atoms with Crippen molar-refractivity contribution in [2.75, 3.05) is 52.9 Å². The number of amides is 1. The number of rotatable bonds is 7. The molecule has 0 radical (unpaired) electrons. The third kappa shape index (κ3) is 5.66. The van der Waals surface area contributed by atoms with Gasteiger partial charge in [0, 0.05) is 45.3 Å². The molecular formula is C24H33N3O4. The summed E-state index contributed by atoms with van der Waals surface area (Å²) in [5.41, 5.74) is 0.116. The molecule has 7 nitrogen and oxygen atoms in total. The van der Waals surface area contributed by atoms with Gasteiger partial charge in [0.2, 0.25) is 0 Å². The minimum atomic E-state index is -0.336. The summed E-state index contributed by atoms with van der Waals surface area (Å²) in [6.07, 6.45) is 6.02. The monoisotopic (exact) mass is 427 g/mol. The van der Waals surface area contributed by atoms with E-state index in [4.69, 9.17) is 9.15 Å². The van der Waals surface area contributed by atoms with E-state index in [1.807, 2.05) is 0 Å². The first-order valence-electron chi connectivity index (χ1n) is 11.5. The summed E-state index contributed by atoms with van der Waals surface area (Å²) in [7, 11) is 2.13. The summed E-state index contributed by atoms with van der Waals surface area (Å²) in [5.74, 6) is 0.726. The van der Waals surface area contributed by atoms with Gasteiger partial charge in [-0.2, -0.15) is 0 Å². The van der Waals surface area contributed by atoms with Crippen LogP contribution in [0.3, 0.4) is 0 Å². The van der Waals surface area contributed by atoms with Crippen LogP contribution in [0.2, 0.25) is 0 Å². The maximum Gasteiger partial charge on any atom is 0.287 e. The first-order chi connectivity index (χ1) is 15.1. The van der Waals surface area contributed by atoms with Crippen LogP contribution < -0.4 is 15.5 Å². The van der Waals surface area contributed by atoms with Crippen LogP contribution in [0.25, 0.3) is 11.0 Å². The Morgan fingerprint density at radius 2 is 1.94 bits per heavy atom. The number of nitrogens with zero attached hydrogens (tertiary/aromatic N) is 2. The summed E-state index contributed by atoms with van der Waals surface area (Å²) in [5, 5.41) is 3.38. The zero-order valence-corrected chi connectivity index (χ0v) is 18.4. The molecule has 1 aliphatic heterocycles. The van der Waals surface area contributed by atoms with Crippen LogP contribution in [-0.4, -0.2) is 68.6 Å². The number of benzene rings is 1. The van der Waals surface area contributed by atoms with Gasteiger partial charge in [0.15, 0.2) is 22.5 Å². The molecule has 0 spiro atoms. The normalized spacial score (nSPS) is 18.9. The lowest BCUT2D eigenvalue weighted by Gasteiger charge is -2.32. The lowest BCUT2D eigenvalue weighted by Crippen LogP contribution is -2.45. The number of ether oxygens (including phenoxy) is 1. The molecule has 4 rings (SSSR count). The Hall–Kier alpha value is -2.38. The highest BCUT2D eigenvalue weighted by Crippen LogP contribution is 2.25. The number of carbonyl (C=O) groups excluding carboxylic acids is 1. The molecule has 1 saturated carbocycles. The highest BCUT2D eigenvalue weighted by atomic mass is 16.5. The van der Waals surface area contributed by atoms with Crippen molar-refractivity contribution in [2.24, 2.45) is 5.92 Å². The molecule has 1 aliphatic carbocycles. The van der Waals surface area contributed by atoms with Crippen LogP contribution in [0.5, 0.6) is 5.75 Å². The van der Waals surface area contributed by atoms with Gasteiger partial charge in [-0.3, -0.25) is 14.5 Å². The lowest BCUT2D eigenvalue weighted by atomic mass is 9.89. The quantitative estimate of drug-likeness (QED) is 0.732. The minimum Gasteiger partial charge on any atom is -0.488 e. The number of hydrogen-bond donors (Lipinski definition) is 1. The number of piperazine rings is 1. The number of carbonyl (C=O) groups is 1. The molecule has 0 atom stereocenters. The van der Waals surface area contributed by atoms with Gasteiger partial charge in [0.05, 0.1) is 5.39 Å².